The Morgan fingerprint density at radius 2 is 2.00 bits per heavy atom. The Labute approximate surface area is 158 Å². The lowest BCUT2D eigenvalue weighted by Crippen LogP contribution is -2.47. The number of ether oxygens (including phenoxy) is 1. The number of carbonyl (C=O) groups excluding carboxylic acids is 3. The van der Waals surface area contributed by atoms with Crippen molar-refractivity contribution < 1.29 is 19.1 Å². The van der Waals surface area contributed by atoms with Crippen molar-refractivity contribution >= 4 is 29.5 Å². The molecule has 0 unspecified atom stereocenters. The summed E-state index contributed by atoms with van der Waals surface area (Å²) >= 11 is 1.53. The second-order valence-electron chi connectivity index (χ2n) is 6.17. The van der Waals surface area contributed by atoms with Crippen molar-refractivity contribution in [2.24, 2.45) is 0 Å². The van der Waals surface area contributed by atoms with Gasteiger partial charge in [0.15, 0.2) is 0 Å². The zero-order valence-electron chi connectivity index (χ0n) is 15.4. The zero-order valence-corrected chi connectivity index (χ0v) is 16.2. The normalized spacial score (nSPS) is 17.1. The molecule has 8 heteroatoms. The molecule has 0 spiro atoms. The number of nitrogens with one attached hydrogen (secondary N) is 1. The third kappa shape index (κ3) is 5.47. The molecule has 142 valence electrons. The largest absolute Gasteiger partial charge is 0.468 e. The number of benzene rings is 1. The van der Waals surface area contributed by atoms with Crippen molar-refractivity contribution in [2.45, 2.75) is 11.8 Å². The molecule has 1 aliphatic rings. The Balaban J connectivity index is 1.86. The van der Waals surface area contributed by atoms with E-state index in [1.54, 1.807) is 24.1 Å². The van der Waals surface area contributed by atoms with Crippen molar-refractivity contribution in [1.29, 1.82) is 0 Å². The smallest absolute Gasteiger partial charge is 0.320 e. The fraction of sp³-hybridized carbons (Fsp3) is 0.500. The molecule has 1 atom stereocenters. The monoisotopic (exact) mass is 379 g/mol. The van der Waals surface area contributed by atoms with Crippen molar-refractivity contribution in [3.63, 3.8) is 0 Å². The third-order valence-corrected chi connectivity index (χ3v) is 5.35. The first-order valence-corrected chi connectivity index (χ1v) is 9.46. The Bertz CT molecular complexity index is 650. The first kappa shape index (κ1) is 20.3. The van der Waals surface area contributed by atoms with Crippen molar-refractivity contribution in [3.8, 4) is 0 Å². The predicted octanol–water partition coefficient (Wildman–Crippen LogP) is 0.595. The second-order valence-corrected chi connectivity index (χ2v) is 7.48. The zero-order chi connectivity index (χ0) is 19.1. The summed E-state index contributed by atoms with van der Waals surface area (Å²) in [5.41, 5.74) is 1.63. The van der Waals surface area contributed by atoms with Crippen LogP contribution in [0, 0.1) is 0 Å². The quantitative estimate of drug-likeness (QED) is 0.729. The summed E-state index contributed by atoms with van der Waals surface area (Å²) in [5, 5.41) is 2.28. The molecule has 0 radical (unpaired) electrons. The van der Waals surface area contributed by atoms with Gasteiger partial charge in [-0.25, -0.2) is 0 Å². The van der Waals surface area contributed by atoms with Crippen LogP contribution in [-0.4, -0.2) is 79.4 Å². The van der Waals surface area contributed by atoms with Gasteiger partial charge in [-0.05, 0) is 24.7 Å². The van der Waals surface area contributed by atoms with Gasteiger partial charge in [0.1, 0.15) is 5.25 Å². The lowest BCUT2D eigenvalue weighted by molar-refractivity contribution is -0.141. The summed E-state index contributed by atoms with van der Waals surface area (Å²) < 4.78 is 4.78. The molecule has 1 fully saturated rings. The number of likely N-dealkylation sites (N-methyl/N-ethyl adjacent to an activating group) is 1. The minimum Gasteiger partial charge on any atom is -0.468 e. The Hall–Kier alpha value is -2.06. The highest BCUT2D eigenvalue weighted by atomic mass is 32.2. The van der Waals surface area contributed by atoms with E-state index >= 15 is 0 Å². The highest BCUT2D eigenvalue weighted by molar-refractivity contribution is 8.00. The summed E-state index contributed by atoms with van der Waals surface area (Å²) in [5.74, 6) is 0.333. The molecular formula is C18H25N3O4S. The number of thioether (sulfide) groups is 1. The van der Waals surface area contributed by atoms with Gasteiger partial charge in [-0.15, -0.1) is 11.8 Å². The number of amides is 2. The fourth-order valence-corrected chi connectivity index (χ4v) is 3.88. The molecule has 7 nitrogen and oxygen atoms in total. The van der Waals surface area contributed by atoms with Crippen LogP contribution in [0.3, 0.4) is 0 Å². The van der Waals surface area contributed by atoms with Crippen molar-refractivity contribution in [1.82, 2.24) is 15.1 Å². The Kier molecular flexibility index (Phi) is 7.47. The summed E-state index contributed by atoms with van der Waals surface area (Å²) in [6.45, 7) is 1.91. The fourth-order valence-electron chi connectivity index (χ4n) is 2.75. The number of nitrogens with zero attached hydrogens (tertiary/aromatic N) is 2. The van der Waals surface area contributed by atoms with E-state index in [-0.39, 0.29) is 29.6 Å². The van der Waals surface area contributed by atoms with Gasteiger partial charge in [-0.1, -0.05) is 12.1 Å². The average Bonchev–Trinajstić information content (AvgIpc) is 2.67. The lowest BCUT2D eigenvalue weighted by atomic mass is 10.1. The number of hydrogen-bond acceptors (Lipinski definition) is 6. The molecule has 1 aliphatic heterocycles. The first-order valence-electron chi connectivity index (χ1n) is 8.41. The summed E-state index contributed by atoms with van der Waals surface area (Å²) in [6.07, 6.45) is 0. The Morgan fingerprint density at radius 3 is 2.62 bits per heavy atom. The van der Waals surface area contributed by atoms with Crippen molar-refractivity contribution in [3.05, 3.63) is 35.4 Å². The van der Waals surface area contributed by atoms with Gasteiger partial charge in [-0.2, -0.15) is 0 Å². The number of carbonyl (C=O) groups is 3. The van der Waals surface area contributed by atoms with Crippen LogP contribution in [0.1, 0.15) is 15.9 Å². The standard InChI is InChI=1S/C18H25N3O4S/c1-19-17(23)14-6-4-13(5-7-14)10-20(2)12-16(22)21-8-9-26-15(11-21)18(24)25-3/h4-7,15H,8-12H2,1-3H3,(H,19,23)/t15-/m0/s1. The second kappa shape index (κ2) is 9.59. The number of rotatable bonds is 6. The number of esters is 1. The molecule has 0 bridgehead atoms. The molecule has 2 amide bonds. The average molecular weight is 379 g/mol. The van der Waals surface area contributed by atoms with Gasteiger partial charge in [0.25, 0.3) is 5.91 Å². The molecule has 1 N–H and O–H groups in total. The van der Waals surface area contributed by atoms with Crippen LogP contribution in [0.5, 0.6) is 0 Å². The van der Waals surface area contributed by atoms with E-state index < -0.39 is 0 Å². The topological polar surface area (TPSA) is 79.0 Å². The van der Waals surface area contributed by atoms with E-state index in [1.807, 2.05) is 24.1 Å². The third-order valence-electron chi connectivity index (χ3n) is 4.18. The van der Waals surface area contributed by atoms with Crippen LogP contribution in [0.4, 0.5) is 0 Å². The van der Waals surface area contributed by atoms with Crippen LogP contribution in [0.15, 0.2) is 24.3 Å². The van der Waals surface area contributed by atoms with E-state index in [2.05, 4.69) is 5.32 Å². The molecule has 2 rings (SSSR count). The molecule has 0 aromatic heterocycles. The molecule has 26 heavy (non-hydrogen) atoms. The van der Waals surface area contributed by atoms with Crippen LogP contribution in [0.25, 0.3) is 0 Å². The van der Waals surface area contributed by atoms with E-state index in [9.17, 15) is 14.4 Å². The maximum atomic E-state index is 12.5. The number of hydrogen-bond donors (Lipinski definition) is 1. The van der Waals surface area contributed by atoms with Gasteiger partial charge < -0.3 is 15.0 Å². The van der Waals surface area contributed by atoms with E-state index in [0.29, 0.717) is 25.2 Å². The molecule has 1 heterocycles. The molecule has 1 aromatic rings. The Morgan fingerprint density at radius 1 is 1.31 bits per heavy atom. The first-order chi connectivity index (χ1) is 12.4. The van der Waals surface area contributed by atoms with Crippen molar-refractivity contribution in [2.75, 3.05) is 46.6 Å². The predicted molar refractivity (Wildman–Crippen MR) is 101 cm³/mol. The van der Waals surface area contributed by atoms with Crippen LogP contribution < -0.4 is 5.32 Å². The maximum absolute atomic E-state index is 12.5. The SMILES string of the molecule is CNC(=O)c1ccc(CN(C)CC(=O)N2CCS[C@H](C(=O)OC)C2)cc1. The number of methoxy groups -OCH3 is 1. The summed E-state index contributed by atoms with van der Waals surface area (Å²) in [6, 6.07) is 7.31. The molecule has 0 saturated carbocycles. The highest BCUT2D eigenvalue weighted by Crippen LogP contribution is 2.20. The molecule has 0 aliphatic carbocycles. The van der Waals surface area contributed by atoms with Gasteiger partial charge in [0, 0.05) is 38.0 Å². The maximum Gasteiger partial charge on any atom is 0.320 e. The molecule has 1 aromatic carbocycles. The minimum atomic E-state index is -0.305. The lowest BCUT2D eigenvalue weighted by Gasteiger charge is -2.32. The van der Waals surface area contributed by atoms with Gasteiger partial charge in [0.05, 0.1) is 13.7 Å². The van der Waals surface area contributed by atoms with E-state index in [0.717, 1.165) is 11.3 Å². The van der Waals surface area contributed by atoms with Crippen LogP contribution >= 0.6 is 11.8 Å². The molecular weight excluding hydrogens is 354 g/mol. The molecule has 1 saturated heterocycles. The van der Waals surface area contributed by atoms with E-state index in [1.165, 1.54) is 18.9 Å². The van der Waals surface area contributed by atoms with Gasteiger partial charge in [0.2, 0.25) is 5.91 Å². The highest BCUT2D eigenvalue weighted by Gasteiger charge is 2.29. The van der Waals surface area contributed by atoms with Gasteiger partial charge in [-0.3, -0.25) is 19.3 Å². The van der Waals surface area contributed by atoms with Crippen LogP contribution in [-0.2, 0) is 20.9 Å². The summed E-state index contributed by atoms with van der Waals surface area (Å²) in [7, 11) is 4.84. The minimum absolute atomic E-state index is 0.00341. The summed E-state index contributed by atoms with van der Waals surface area (Å²) in [4.78, 5) is 39.4. The van der Waals surface area contributed by atoms with Crippen LogP contribution in [0.2, 0.25) is 0 Å². The van der Waals surface area contributed by atoms with E-state index in [4.69, 9.17) is 4.74 Å². The van der Waals surface area contributed by atoms with Gasteiger partial charge >= 0.3 is 5.97 Å².